The molecule has 2 rings (SSSR count). The van der Waals surface area contributed by atoms with Crippen molar-refractivity contribution in [3.05, 3.63) is 40.2 Å². The van der Waals surface area contributed by atoms with E-state index in [-0.39, 0.29) is 17.2 Å². The van der Waals surface area contributed by atoms with Crippen LogP contribution in [-0.2, 0) is 23.6 Å². The fourth-order valence-electron chi connectivity index (χ4n) is 2.37. The van der Waals surface area contributed by atoms with Crippen LogP contribution in [0.15, 0.2) is 23.1 Å². The number of benzene rings is 1. The minimum Gasteiger partial charge on any atom is -0.495 e. The van der Waals surface area contributed by atoms with E-state index in [2.05, 4.69) is 5.10 Å². The van der Waals surface area contributed by atoms with E-state index in [0.717, 1.165) is 17.0 Å². The topological polar surface area (TPSA) is 64.4 Å². The van der Waals surface area contributed by atoms with Crippen LogP contribution in [0.3, 0.4) is 0 Å². The molecule has 0 aliphatic heterocycles. The Hall–Kier alpha value is -1.57. The van der Waals surface area contributed by atoms with Gasteiger partial charge in [-0.1, -0.05) is 11.6 Å². The highest BCUT2D eigenvalue weighted by Crippen LogP contribution is 2.30. The zero-order chi connectivity index (χ0) is 17.4. The van der Waals surface area contributed by atoms with Crippen LogP contribution in [0, 0.1) is 13.8 Å². The summed E-state index contributed by atoms with van der Waals surface area (Å²) in [5.74, 6) is 0.265. The quantitative estimate of drug-likeness (QED) is 0.824. The second-order valence-corrected chi connectivity index (χ2v) is 7.78. The van der Waals surface area contributed by atoms with Crippen molar-refractivity contribution in [3.63, 3.8) is 0 Å². The molecule has 1 aromatic heterocycles. The van der Waals surface area contributed by atoms with Gasteiger partial charge in [-0.05, 0) is 32.0 Å². The molecule has 0 aliphatic rings. The number of ether oxygens (including phenoxy) is 1. The minimum absolute atomic E-state index is 0.0502. The van der Waals surface area contributed by atoms with Crippen LogP contribution in [0.5, 0.6) is 5.75 Å². The molecule has 0 unspecified atom stereocenters. The first kappa shape index (κ1) is 17.8. The second-order valence-electron chi connectivity index (χ2n) is 5.33. The van der Waals surface area contributed by atoms with Crippen molar-refractivity contribution < 1.29 is 13.2 Å². The van der Waals surface area contributed by atoms with Gasteiger partial charge in [-0.25, -0.2) is 8.42 Å². The van der Waals surface area contributed by atoms with Crippen LogP contribution >= 0.6 is 11.6 Å². The van der Waals surface area contributed by atoms with E-state index in [0.29, 0.717) is 5.02 Å². The third-order valence-electron chi connectivity index (χ3n) is 3.85. The molecule has 0 atom stereocenters. The van der Waals surface area contributed by atoms with E-state index in [1.54, 1.807) is 16.8 Å². The third kappa shape index (κ3) is 3.36. The molecule has 0 fully saturated rings. The molecule has 0 saturated carbocycles. The Morgan fingerprint density at radius 1 is 1.35 bits per heavy atom. The number of hydrogen-bond acceptors (Lipinski definition) is 4. The molecule has 0 amide bonds. The molecule has 23 heavy (non-hydrogen) atoms. The summed E-state index contributed by atoms with van der Waals surface area (Å²) < 4.78 is 33.9. The highest BCUT2D eigenvalue weighted by atomic mass is 35.5. The maximum atomic E-state index is 12.9. The Bertz CT molecular complexity index is 831. The first-order chi connectivity index (χ1) is 10.7. The van der Waals surface area contributed by atoms with Crippen molar-refractivity contribution in [2.24, 2.45) is 7.05 Å². The van der Waals surface area contributed by atoms with Gasteiger partial charge in [0, 0.05) is 36.9 Å². The average molecular weight is 358 g/mol. The van der Waals surface area contributed by atoms with Gasteiger partial charge in [0.2, 0.25) is 10.0 Å². The largest absolute Gasteiger partial charge is 0.495 e. The lowest BCUT2D eigenvalue weighted by molar-refractivity contribution is 0.397. The molecular formula is C15H20ClN3O3S. The Morgan fingerprint density at radius 2 is 2.00 bits per heavy atom. The molecule has 0 saturated heterocycles. The molecule has 1 aromatic carbocycles. The van der Waals surface area contributed by atoms with Crippen molar-refractivity contribution in [2.75, 3.05) is 14.2 Å². The standard InChI is InChI=1S/C15H20ClN3O3S/c1-10-13(11(2)19(4)17-10)9-18(3)23(20,21)15-8-12(16)6-7-14(15)22-5/h6-8H,9H2,1-5H3. The van der Waals surface area contributed by atoms with Crippen molar-refractivity contribution in [1.82, 2.24) is 14.1 Å². The highest BCUT2D eigenvalue weighted by Gasteiger charge is 2.26. The fourth-order valence-corrected chi connectivity index (χ4v) is 3.93. The predicted octanol–water partition coefficient (Wildman–Crippen LogP) is 2.52. The second kappa shape index (κ2) is 6.51. The molecule has 6 nitrogen and oxygen atoms in total. The molecule has 8 heteroatoms. The monoisotopic (exact) mass is 357 g/mol. The fraction of sp³-hybridized carbons (Fsp3) is 0.400. The van der Waals surface area contributed by atoms with Crippen molar-refractivity contribution >= 4 is 21.6 Å². The Kier molecular flexibility index (Phi) is 5.03. The number of halogens is 1. The van der Waals surface area contributed by atoms with Gasteiger partial charge in [-0.3, -0.25) is 4.68 Å². The molecule has 2 aromatic rings. The van der Waals surface area contributed by atoms with Gasteiger partial charge >= 0.3 is 0 Å². The van der Waals surface area contributed by atoms with E-state index >= 15 is 0 Å². The first-order valence-electron chi connectivity index (χ1n) is 6.97. The Labute approximate surface area is 141 Å². The van der Waals surface area contributed by atoms with E-state index in [4.69, 9.17) is 16.3 Å². The predicted molar refractivity (Wildman–Crippen MR) is 89.3 cm³/mol. The van der Waals surface area contributed by atoms with Crippen molar-refractivity contribution in [3.8, 4) is 5.75 Å². The van der Waals surface area contributed by atoms with Crippen LogP contribution in [0.1, 0.15) is 17.0 Å². The van der Waals surface area contributed by atoms with Gasteiger partial charge in [-0.2, -0.15) is 9.40 Å². The summed E-state index contributed by atoms with van der Waals surface area (Å²) in [5, 5.41) is 4.66. The first-order valence-corrected chi connectivity index (χ1v) is 8.79. The van der Waals surface area contributed by atoms with E-state index in [1.807, 2.05) is 20.9 Å². The number of hydrogen-bond donors (Lipinski definition) is 0. The highest BCUT2D eigenvalue weighted by molar-refractivity contribution is 7.89. The third-order valence-corrected chi connectivity index (χ3v) is 5.91. The van der Waals surface area contributed by atoms with E-state index in [9.17, 15) is 8.42 Å². The SMILES string of the molecule is COc1ccc(Cl)cc1S(=O)(=O)N(C)Cc1c(C)nn(C)c1C. The number of nitrogens with zero attached hydrogens (tertiary/aromatic N) is 3. The lowest BCUT2D eigenvalue weighted by atomic mass is 10.2. The summed E-state index contributed by atoms with van der Waals surface area (Å²) in [7, 11) is 1.05. The molecule has 0 spiro atoms. The van der Waals surface area contributed by atoms with E-state index < -0.39 is 10.0 Å². The number of sulfonamides is 1. The molecule has 0 N–H and O–H groups in total. The van der Waals surface area contributed by atoms with Crippen LogP contribution in [0.2, 0.25) is 5.02 Å². The van der Waals surface area contributed by atoms with Crippen molar-refractivity contribution in [1.29, 1.82) is 0 Å². The molecular weight excluding hydrogens is 338 g/mol. The Balaban J connectivity index is 2.42. The molecule has 0 bridgehead atoms. The number of aryl methyl sites for hydroxylation is 2. The molecule has 1 heterocycles. The number of methoxy groups -OCH3 is 1. The van der Waals surface area contributed by atoms with Gasteiger partial charge in [0.1, 0.15) is 10.6 Å². The average Bonchev–Trinajstić information content (AvgIpc) is 2.73. The normalized spacial score (nSPS) is 12.0. The lowest BCUT2D eigenvalue weighted by Crippen LogP contribution is -2.27. The zero-order valence-electron chi connectivity index (χ0n) is 13.8. The minimum atomic E-state index is -3.74. The van der Waals surface area contributed by atoms with Gasteiger partial charge in [0.25, 0.3) is 0 Å². The van der Waals surface area contributed by atoms with Crippen LogP contribution < -0.4 is 4.74 Å². The molecule has 0 aliphatic carbocycles. The van der Waals surface area contributed by atoms with Crippen LogP contribution in [0.25, 0.3) is 0 Å². The maximum Gasteiger partial charge on any atom is 0.246 e. The molecule has 0 radical (unpaired) electrons. The number of rotatable bonds is 5. The zero-order valence-corrected chi connectivity index (χ0v) is 15.4. The van der Waals surface area contributed by atoms with Gasteiger partial charge in [-0.15, -0.1) is 0 Å². The smallest absolute Gasteiger partial charge is 0.246 e. The summed E-state index contributed by atoms with van der Waals surface area (Å²) in [5.41, 5.74) is 2.63. The molecule has 126 valence electrons. The van der Waals surface area contributed by atoms with Crippen LogP contribution in [-0.4, -0.2) is 36.7 Å². The van der Waals surface area contributed by atoms with Gasteiger partial charge in [0.15, 0.2) is 0 Å². The van der Waals surface area contributed by atoms with E-state index in [1.165, 1.54) is 24.5 Å². The van der Waals surface area contributed by atoms with Gasteiger partial charge < -0.3 is 4.74 Å². The summed E-state index contributed by atoms with van der Waals surface area (Å²) in [6, 6.07) is 4.54. The van der Waals surface area contributed by atoms with Crippen molar-refractivity contribution in [2.45, 2.75) is 25.3 Å². The number of aromatic nitrogens is 2. The summed E-state index contributed by atoms with van der Waals surface area (Å²) in [6.45, 7) is 4.00. The lowest BCUT2D eigenvalue weighted by Gasteiger charge is -2.19. The Morgan fingerprint density at radius 3 is 2.52 bits per heavy atom. The summed E-state index contributed by atoms with van der Waals surface area (Å²) >= 11 is 5.95. The summed E-state index contributed by atoms with van der Waals surface area (Å²) in [6.07, 6.45) is 0. The maximum absolute atomic E-state index is 12.9. The van der Waals surface area contributed by atoms with Crippen LogP contribution in [0.4, 0.5) is 0 Å². The van der Waals surface area contributed by atoms with Gasteiger partial charge in [0.05, 0.1) is 12.8 Å². The summed E-state index contributed by atoms with van der Waals surface area (Å²) in [4.78, 5) is 0.0502.